The largest absolute Gasteiger partial charge is 0.497 e. The summed E-state index contributed by atoms with van der Waals surface area (Å²) in [7, 11) is 1.64. The highest BCUT2D eigenvalue weighted by Crippen LogP contribution is 2.20. The van der Waals surface area contributed by atoms with Gasteiger partial charge in [-0.15, -0.1) is 0 Å². The Morgan fingerprint density at radius 3 is 2.33 bits per heavy atom. The SMILES string of the molecule is COc1ccc(N2CCN(C(=O)COC(=O)c3ccc(C)nc3)CC2)cc1. The first-order valence-electron chi connectivity index (χ1n) is 8.83. The van der Waals surface area contributed by atoms with E-state index in [0.717, 1.165) is 30.2 Å². The van der Waals surface area contributed by atoms with Gasteiger partial charge in [0.1, 0.15) is 5.75 Å². The third-order valence-electron chi connectivity index (χ3n) is 4.54. The number of hydrogen-bond acceptors (Lipinski definition) is 6. The van der Waals surface area contributed by atoms with Crippen LogP contribution >= 0.6 is 0 Å². The van der Waals surface area contributed by atoms with Crippen LogP contribution in [0.15, 0.2) is 42.6 Å². The number of piperazine rings is 1. The molecule has 2 aromatic rings. The van der Waals surface area contributed by atoms with Crippen molar-refractivity contribution < 1.29 is 19.1 Å². The van der Waals surface area contributed by atoms with E-state index in [0.29, 0.717) is 18.7 Å². The number of amides is 1. The van der Waals surface area contributed by atoms with E-state index in [4.69, 9.17) is 9.47 Å². The van der Waals surface area contributed by atoms with Crippen molar-refractivity contribution in [2.24, 2.45) is 0 Å². The van der Waals surface area contributed by atoms with Gasteiger partial charge in [0.05, 0.1) is 12.7 Å². The molecule has 1 fully saturated rings. The summed E-state index contributed by atoms with van der Waals surface area (Å²) in [5, 5.41) is 0. The summed E-state index contributed by atoms with van der Waals surface area (Å²) in [6.45, 7) is 4.23. The highest BCUT2D eigenvalue weighted by atomic mass is 16.5. The Morgan fingerprint density at radius 1 is 1.04 bits per heavy atom. The van der Waals surface area contributed by atoms with Gasteiger partial charge in [-0.3, -0.25) is 9.78 Å². The Balaban J connectivity index is 1.46. The molecule has 1 saturated heterocycles. The number of pyridine rings is 1. The quantitative estimate of drug-likeness (QED) is 0.750. The van der Waals surface area contributed by atoms with E-state index in [-0.39, 0.29) is 12.5 Å². The number of benzene rings is 1. The van der Waals surface area contributed by atoms with Gasteiger partial charge in [0.15, 0.2) is 6.61 Å². The van der Waals surface area contributed by atoms with Gasteiger partial charge in [-0.1, -0.05) is 0 Å². The van der Waals surface area contributed by atoms with Gasteiger partial charge in [-0.25, -0.2) is 4.79 Å². The van der Waals surface area contributed by atoms with Gasteiger partial charge >= 0.3 is 5.97 Å². The molecule has 0 N–H and O–H groups in total. The molecular formula is C20H23N3O4. The zero-order valence-corrected chi connectivity index (χ0v) is 15.6. The zero-order valence-electron chi connectivity index (χ0n) is 15.6. The van der Waals surface area contributed by atoms with Crippen LogP contribution in [0, 0.1) is 6.92 Å². The molecule has 0 atom stereocenters. The molecular weight excluding hydrogens is 346 g/mol. The molecule has 1 aromatic carbocycles. The van der Waals surface area contributed by atoms with Gasteiger partial charge in [0, 0.05) is 43.8 Å². The second kappa shape index (κ2) is 8.53. The number of hydrogen-bond donors (Lipinski definition) is 0. The lowest BCUT2D eigenvalue weighted by Crippen LogP contribution is -2.49. The fraction of sp³-hybridized carbons (Fsp3) is 0.350. The van der Waals surface area contributed by atoms with Crippen molar-refractivity contribution in [1.82, 2.24) is 9.88 Å². The average Bonchev–Trinajstić information content (AvgIpc) is 2.72. The van der Waals surface area contributed by atoms with E-state index in [1.165, 1.54) is 6.20 Å². The van der Waals surface area contributed by atoms with Crippen molar-refractivity contribution in [3.63, 3.8) is 0 Å². The third-order valence-corrected chi connectivity index (χ3v) is 4.54. The van der Waals surface area contributed by atoms with Crippen LogP contribution in [0.1, 0.15) is 16.1 Å². The number of ether oxygens (including phenoxy) is 2. The van der Waals surface area contributed by atoms with Crippen LogP contribution in [0.25, 0.3) is 0 Å². The summed E-state index contributed by atoms with van der Waals surface area (Å²) in [6, 6.07) is 11.2. The normalized spacial score (nSPS) is 14.0. The Hall–Kier alpha value is -3.09. The predicted molar refractivity (Wildman–Crippen MR) is 101 cm³/mol. The fourth-order valence-electron chi connectivity index (χ4n) is 2.90. The first kappa shape index (κ1) is 18.7. The van der Waals surface area contributed by atoms with Crippen LogP contribution in [-0.2, 0) is 9.53 Å². The average molecular weight is 369 g/mol. The first-order valence-corrected chi connectivity index (χ1v) is 8.83. The van der Waals surface area contributed by atoms with E-state index >= 15 is 0 Å². The van der Waals surface area contributed by atoms with Crippen LogP contribution in [0.4, 0.5) is 5.69 Å². The minimum Gasteiger partial charge on any atom is -0.497 e. The molecule has 0 spiro atoms. The van der Waals surface area contributed by atoms with Gasteiger partial charge in [-0.2, -0.15) is 0 Å². The molecule has 1 amide bonds. The van der Waals surface area contributed by atoms with Gasteiger partial charge < -0.3 is 19.3 Å². The second-order valence-corrected chi connectivity index (χ2v) is 6.33. The van der Waals surface area contributed by atoms with Crippen molar-refractivity contribution in [3.8, 4) is 5.75 Å². The maximum atomic E-state index is 12.3. The van der Waals surface area contributed by atoms with E-state index in [9.17, 15) is 9.59 Å². The Labute approximate surface area is 158 Å². The molecule has 3 rings (SSSR count). The number of carbonyl (C=O) groups excluding carboxylic acids is 2. The molecule has 7 nitrogen and oxygen atoms in total. The highest BCUT2D eigenvalue weighted by Gasteiger charge is 2.22. The number of nitrogens with zero attached hydrogens (tertiary/aromatic N) is 3. The van der Waals surface area contributed by atoms with Crippen molar-refractivity contribution >= 4 is 17.6 Å². The molecule has 7 heteroatoms. The first-order chi connectivity index (χ1) is 13.1. The summed E-state index contributed by atoms with van der Waals surface area (Å²) in [5.41, 5.74) is 2.26. The molecule has 0 saturated carbocycles. The third kappa shape index (κ3) is 4.75. The monoisotopic (exact) mass is 369 g/mol. The predicted octanol–water partition coefficient (Wildman–Crippen LogP) is 1.90. The van der Waals surface area contributed by atoms with E-state index in [2.05, 4.69) is 9.88 Å². The second-order valence-electron chi connectivity index (χ2n) is 6.33. The Kier molecular flexibility index (Phi) is 5.90. The summed E-state index contributed by atoms with van der Waals surface area (Å²) >= 11 is 0. The smallest absolute Gasteiger partial charge is 0.340 e. The number of methoxy groups -OCH3 is 1. The molecule has 0 bridgehead atoms. The highest BCUT2D eigenvalue weighted by molar-refractivity contribution is 5.91. The maximum Gasteiger partial charge on any atom is 0.340 e. The van der Waals surface area contributed by atoms with Gasteiger partial charge in [0.2, 0.25) is 0 Å². The number of aromatic nitrogens is 1. The van der Waals surface area contributed by atoms with Crippen LogP contribution in [0.3, 0.4) is 0 Å². The number of anilines is 1. The molecule has 2 heterocycles. The van der Waals surface area contributed by atoms with Gasteiger partial charge in [-0.05, 0) is 43.3 Å². The minimum atomic E-state index is -0.535. The summed E-state index contributed by atoms with van der Waals surface area (Å²) in [5.74, 6) is 0.101. The molecule has 0 radical (unpaired) electrons. The lowest BCUT2D eigenvalue weighted by Gasteiger charge is -2.36. The molecule has 142 valence electrons. The lowest BCUT2D eigenvalue weighted by atomic mass is 10.2. The minimum absolute atomic E-state index is 0.183. The van der Waals surface area contributed by atoms with Crippen molar-refractivity contribution in [3.05, 3.63) is 53.9 Å². The molecule has 1 aliphatic rings. The summed E-state index contributed by atoms with van der Waals surface area (Å²) in [6.07, 6.45) is 1.45. The van der Waals surface area contributed by atoms with Crippen molar-refractivity contribution in [2.45, 2.75) is 6.92 Å². The van der Waals surface area contributed by atoms with Crippen molar-refractivity contribution in [2.75, 3.05) is 44.8 Å². The van der Waals surface area contributed by atoms with E-state index < -0.39 is 5.97 Å². The molecule has 27 heavy (non-hydrogen) atoms. The standard InChI is InChI=1S/C20H23N3O4/c1-15-3-4-16(13-21-15)20(25)27-14-19(24)23-11-9-22(10-12-23)17-5-7-18(26-2)8-6-17/h3-8,13H,9-12,14H2,1-2H3. The Bertz CT molecular complexity index is 782. The number of carbonyl (C=O) groups is 2. The van der Waals surface area contributed by atoms with E-state index in [1.54, 1.807) is 24.1 Å². The molecule has 1 aromatic heterocycles. The fourth-order valence-corrected chi connectivity index (χ4v) is 2.90. The van der Waals surface area contributed by atoms with Crippen LogP contribution < -0.4 is 9.64 Å². The van der Waals surface area contributed by atoms with Crippen LogP contribution in [0.2, 0.25) is 0 Å². The summed E-state index contributed by atoms with van der Waals surface area (Å²) < 4.78 is 10.3. The Morgan fingerprint density at radius 2 is 1.74 bits per heavy atom. The number of esters is 1. The van der Waals surface area contributed by atoms with Gasteiger partial charge in [0.25, 0.3) is 5.91 Å². The summed E-state index contributed by atoms with van der Waals surface area (Å²) in [4.78, 5) is 32.3. The molecule has 1 aliphatic heterocycles. The van der Waals surface area contributed by atoms with Crippen molar-refractivity contribution in [1.29, 1.82) is 0 Å². The topological polar surface area (TPSA) is 72.0 Å². The van der Waals surface area contributed by atoms with E-state index in [1.807, 2.05) is 31.2 Å². The molecule has 0 unspecified atom stereocenters. The zero-order chi connectivity index (χ0) is 19.2. The van der Waals surface area contributed by atoms with Crippen LogP contribution in [0.5, 0.6) is 5.75 Å². The molecule has 0 aliphatic carbocycles. The number of rotatable bonds is 5. The maximum absolute atomic E-state index is 12.3. The lowest BCUT2D eigenvalue weighted by molar-refractivity contribution is -0.134. The number of aryl methyl sites for hydroxylation is 1. The van der Waals surface area contributed by atoms with Crippen LogP contribution in [-0.4, -0.2) is 61.7 Å².